The standard InChI is InChI=1S/C36H50O6/c1-30(2)19-10-9-18-25(33(19,6)15-13-23(30)38)27-29(40)35(8,42)26(18)28-34(7,41)24(39)17-21-32(5)14-12-22(37)31(3,4)20(32)11-16-36(21,27)28/h17,19-20,22,26-28,37,41-42H,9-16H2,1-8H3/t19-,20-,22+,26-,27-,28-,32-,33-,34-,35+,36-/m0/s1. The van der Waals surface area contributed by atoms with Gasteiger partial charge in [-0.3, -0.25) is 14.4 Å². The third-order valence-electron chi connectivity index (χ3n) is 15.1. The molecule has 6 nitrogen and oxygen atoms in total. The summed E-state index contributed by atoms with van der Waals surface area (Å²) in [6.07, 6.45) is 6.64. The Bertz CT molecular complexity index is 1390. The molecule has 8 rings (SSSR count). The number of aliphatic hydroxyl groups is 3. The maximum Gasteiger partial charge on any atom is 0.187 e. The number of fused-ring (bicyclic) bond motifs is 4. The molecule has 4 fully saturated rings. The largest absolute Gasteiger partial charge is 0.393 e. The normalized spacial score (nSPS) is 53.9. The number of carbonyl (C=O) groups excluding carboxylic acids is 3. The lowest BCUT2D eigenvalue weighted by atomic mass is 9.29. The summed E-state index contributed by atoms with van der Waals surface area (Å²) < 4.78 is 0. The highest BCUT2D eigenvalue weighted by molar-refractivity contribution is 6.03. The second kappa shape index (κ2) is 7.95. The topological polar surface area (TPSA) is 112 Å². The summed E-state index contributed by atoms with van der Waals surface area (Å²) in [6, 6.07) is 0. The van der Waals surface area contributed by atoms with E-state index in [9.17, 15) is 29.7 Å². The summed E-state index contributed by atoms with van der Waals surface area (Å²) in [7, 11) is 0. The predicted octanol–water partition coefficient (Wildman–Crippen LogP) is 5.13. The Labute approximate surface area is 250 Å². The van der Waals surface area contributed by atoms with E-state index in [1.54, 1.807) is 19.9 Å². The number of carbonyl (C=O) groups is 3. The van der Waals surface area contributed by atoms with Crippen LogP contribution in [-0.2, 0) is 14.4 Å². The molecule has 6 heteroatoms. The molecule has 2 bridgehead atoms. The van der Waals surface area contributed by atoms with E-state index in [-0.39, 0.29) is 40.0 Å². The van der Waals surface area contributed by atoms with Crippen molar-refractivity contribution in [2.24, 2.45) is 56.7 Å². The number of Topliss-reactive ketones (excluding diaryl/α,β-unsaturated/α-hetero) is 2. The molecular formula is C36H50O6. The number of hydrogen-bond acceptors (Lipinski definition) is 6. The van der Waals surface area contributed by atoms with Crippen LogP contribution in [-0.4, -0.2) is 50.0 Å². The molecule has 230 valence electrons. The predicted molar refractivity (Wildman–Crippen MR) is 158 cm³/mol. The maximum absolute atomic E-state index is 14.9. The first-order valence-electron chi connectivity index (χ1n) is 16.4. The van der Waals surface area contributed by atoms with Gasteiger partial charge in [-0.1, -0.05) is 58.3 Å². The Morgan fingerprint density at radius 2 is 1.43 bits per heavy atom. The van der Waals surface area contributed by atoms with Crippen molar-refractivity contribution in [3.8, 4) is 0 Å². The van der Waals surface area contributed by atoms with Crippen molar-refractivity contribution in [2.45, 2.75) is 124 Å². The summed E-state index contributed by atoms with van der Waals surface area (Å²) in [4.78, 5) is 42.1. The van der Waals surface area contributed by atoms with Gasteiger partial charge < -0.3 is 15.3 Å². The van der Waals surface area contributed by atoms with Crippen molar-refractivity contribution < 1.29 is 29.7 Å². The molecule has 0 saturated heterocycles. The summed E-state index contributed by atoms with van der Waals surface area (Å²) in [6.45, 7) is 16.1. The van der Waals surface area contributed by atoms with Crippen LogP contribution < -0.4 is 0 Å². The Morgan fingerprint density at radius 3 is 2.10 bits per heavy atom. The average molecular weight is 579 g/mol. The molecule has 11 atom stereocenters. The molecule has 8 aliphatic carbocycles. The Kier molecular flexibility index (Phi) is 5.51. The van der Waals surface area contributed by atoms with E-state index >= 15 is 0 Å². The van der Waals surface area contributed by atoms with Crippen LogP contribution in [0.3, 0.4) is 0 Å². The van der Waals surface area contributed by atoms with Gasteiger partial charge >= 0.3 is 0 Å². The second-order valence-electron chi connectivity index (χ2n) is 17.5. The minimum Gasteiger partial charge on any atom is -0.393 e. The zero-order valence-corrected chi connectivity index (χ0v) is 26.8. The highest BCUT2D eigenvalue weighted by Gasteiger charge is 2.79. The zero-order chi connectivity index (χ0) is 30.8. The SMILES string of the molecule is CC1(C)C(=O)CC[C@]2(C)C3=C(CC[C@@H]12)[C@H]1[C@@H]2[C@]4(CC[C@H]5C(C)(C)[C@H](O)CC[C@]5(C)C4=CC(=O)[C@]2(C)O)[C@@H]3C(=O)[C@]1(C)O. The molecule has 0 aliphatic heterocycles. The van der Waals surface area contributed by atoms with E-state index in [1.807, 2.05) is 0 Å². The first kappa shape index (κ1) is 29.1. The Balaban J connectivity index is 1.52. The van der Waals surface area contributed by atoms with Crippen molar-refractivity contribution in [1.82, 2.24) is 0 Å². The molecule has 0 aromatic carbocycles. The molecule has 0 aromatic rings. The van der Waals surface area contributed by atoms with Gasteiger partial charge in [0.25, 0.3) is 0 Å². The molecule has 0 heterocycles. The van der Waals surface area contributed by atoms with Crippen molar-refractivity contribution in [3.63, 3.8) is 0 Å². The number of rotatable bonds is 0. The molecule has 8 aliphatic rings. The van der Waals surface area contributed by atoms with Crippen LogP contribution in [0.4, 0.5) is 0 Å². The molecule has 3 N–H and O–H groups in total. The number of ketones is 3. The van der Waals surface area contributed by atoms with E-state index in [0.717, 1.165) is 29.6 Å². The van der Waals surface area contributed by atoms with Crippen molar-refractivity contribution in [3.05, 3.63) is 22.8 Å². The van der Waals surface area contributed by atoms with Gasteiger partial charge in [0.15, 0.2) is 11.6 Å². The molecule has 0 aromatic heterocycles. The van der Waals surface area contributed by atoms with Crippen molar-refractivity contribution in [2.75, 3.05) is 0 Å². The molecule has 1 spiro atoms. The highest BCUT2D eigenvalue weighted by Crippen LogP contribution is 2.79. The number of hydrogen-bond donors (Lipinski definition) is 3. The van der Waals surface area contributed by atoms with Gasteiger partial charge in [-0.15, -0.1) is 0 Å². The smallest absolute Gasteiger partial charge is 0.187 e. The summed E-state index contributed by atoms with van der Waals surface area (Å²) in [5.41, 5.74) is -2.69. The zero-order valence-electron chi connectivity index (χ0n) is 26.8. The van der Waals surface area contributed by atoms with Gasteiger partial charge in [0, 0.05) is 29.1 Å². The first-order chi connectivity index (χ1) is 19.2. The van der Waals surface area contributed by atoms with Gasteiger partial charge in [0.2, 0.25) is 0 Å². The lowest BCUT2D eigenvalue weighted by Crippen LogP contribution is -2.77. The lowest BCUT2D eigenvalue weighted by molar-refractivity contribution is -0.216. The van der Waals surface area contributed by atoms with Gasteiger partial charge in [-0.2, -0.15) is 0 Å². The van der Waals surface area contributed by atoms with Crippen LogP contribution in [0.1, 0.15) is 107 Å². The minimum atomic E-state index is -1.72. The van der Waals surface area contributed by atoms with Crippen molar-refractivity contribution in [1.29, 1.82) is 0 Å². The maximum atomic E-state index is 14.9. The van der Waals surface area contributed by atoms with Crippen LogP contribution in [0, 0.1) is 56.7 Å². The van der Waals surface area contributed by atoms with E-state index in [0.29, 0.717) is 38.5 Å². The van der Waals surface area contributed by atoms with Gasteiger partial charge in [0.05, 0.1) is 12.0 Å². The minimum absolute atomic E-state index is 0.0887. The van der Waals surface area contributed by atoms with Gasteiger partial charge in [-0.25, -0.2) is 0 Å². The second-order valence-corrected chi connectivity index (χ2v) is 17.5. The first-order valence-corrected chi connectivity index (χ1v) is 16.4. The quantitative estimate of drug-likeness (QED) is 0.344. The molecule has 0 amide bonds. The van der Waals surface area contributed by atoms with E-state index in [4.69, 9.17) is 0 Å². The van der Waals surface area contributed by atoms with Gasteiger partial charge in [-0.05, 0) is 93.0 Å². The lowest BCUT2D eigenvalue weighted by Gasteiger charge is -2.74. The summed E-state index contributed by atoms with van der Waals surface area (Å²) >= 11 is 0. The molecular weight excluding hydrogens is 528 g/mol. The van der Waals surface area contributed by atoms with Crippen LogP contribution in [0.2, 0.25) is 0 Å². The number of allylic oxidation sites excluding steroid dienone is 2. The van der Waals surface area contributed by atoms with Gasteiger partial charge in [0.1, 0.15) is 17.0 Å². The third-order valence-corrected chi connectivity index (χ3v) is 15.1. The molecule has 42 heavy (non-hydrogen) atoms. The Hall–Kier alpha value is -1.63. The average Bonchev–Trinajstić information content (AvgIpc) is 2.88. The van der Waals surface area contributed by atoms with E-state index in [1.165, 1.54) is 0 Å². The van der Waals surface area contributed by atoms with Crippen molar-refractivity contribution >= 4 is 17.3 Å². The fraction of sp³-hybridized carbons (Fsp3) is 0.806. The summed E-state index contributed by atoms with van der Waals surface area (Å²) in [5.74, 6) is -1.93. The van der Waals surface area contributed by atoms with Crippen LogP contribution >= 0.6 is 0 Å². The third kappa shape index (κ3) is 2.92. The fourth-order valence-corrected chi connectivity index (χ4v) is 13.2. The van der Waals surface area contributed by atoms with Crippen LogP contribution in [0.15, 0.2) is 22.8 Å². The highest BCUT2D eigenvalue weighted by atomic mass is 16.3. The fourth-order valence-electron chi connectivity index (χ4n) is 13.2. The molecule has 4 saturated carbocycles. The van der Waals surface area contributed by atoms with Crippen LogP contribution in [0.25, 0.3) is 0 Å². The van der Waals surface area contributed by atoms with E-state index < -0.39 is 51.3 Å². The monoisotopic (exact) mass is 578 g/mol. The van der Waals surface area contributed by atoms with E-state index in [2.05, 4.69) is 41.5 Å². The summed E-state index contributed by atoms with van der Waals surface area (Å²) in [5, 5.41) is 35.5. The Morgan fingerprint density at radius 1 is 0.762 bits per heavy atom. The number of aliphatic hydroxyl groups excluding tert-OH is 1. The molecule has 0 unspecified atom stereocenters. The van der Waals surface area contributed by atoms with Crippen LogP contribution in [0.5, 0.6) is 0 Å². The molecule has 0 radical (unpaired) electrons.